The van der Waals surface area contributed by atoms with Gasteiger partial charge in [0.2, 0.25) is 0 Å². The average molecular weight is 345 g/mol. The maximum atomic E-state index is 11.9. The van der Waals surface area contributed by atoms with Crippen LogP contribution in [0.2, 0.25) is 0 Å². The van der Waals surface area contributed by atoms with Gasteiger partial charge in [-0.05, 0) is 0 Å². The first-order chi connectivity index (χ1) is 11.4. The molecule has 24 heavy (non-hydrogen) atoms. The highest BCUT2D eigenvalue weighted by Gasteiger charge is 2.20. The summed E-state index contributed by atoms with van der Waals surface area (Å²) in [5.41, 5.74) is 0. The summed E-state index contributed by atoms with van der Waals surface area (Å²) in [7, 11) is 1.00. The normalized spacial score (nSPS) is 18.0. The van der Waals surface area contributed by atoms with Gasteiger partial charge in [0, 0.05) is 52.3 Å². The predicted octanol–water partition coefficient (Wildman–Crippen LogP) is -0.977. The zero-order valence-corrected chi connectivity index (χ0v) is 15.0. The van der Waals surface area contributed by atoms with Crippen LogP contribution in [-0.2, 0) is 14.4 Å². The molecule has 1 aliphatic heterocycles. The molecule has 8 nitrogen and oxygen atoms in total. The molecule has 0 radical (unpaired) electrons. The summed E-state index contributed by atoms with van der Waals surface area (Å²) in [6.07, 6.45) is 0.864. The summed E-state index contributed by atoms with van der Waals surface area (Å²) in [6.45, 7) is 8.47. The van der Waals surface area contributed by atoms with E-state index in [1.807, 2.05) is 23.6 Å². The molecule has 0 aromatic rings. The molecule has 0 aromatic carbocycles. The van der Waals surface area contributed by atoms with Crippen molar-refractivity contribution in [2.45, 2.75) is 13.8 Å². The second kappa shape index (κ2) is 13.0. The zero-order chi connectivity index (χ0) is 18.5. The minimum absolute atomic E-state index is 0.00571. The maximum absolute atomic E-state index is 11.9. The van der Waals surface area contributed by atoms with Gasteiger partial charge in [0.15, 0.2) is 0 Å². The van der Waals surface area contributed by atoms with E-state index in [1.165, 1.54) is 0 Å². The van der Waals surface area contributed by atoms with E-state index >= 15 is 0 Å². The Morgan fingerprint density at radius 2 is 1.33 bits per heavy atom. The summed E-state index contributed by atoms with van der Waals surface area (Å²) >= 11 is 0. The quantitative estimate of drug-likeness (QED) is 0.568. The lowest BCUT2D eigenvalue weighted by Gasteiger charge is -2.25. The molecule has 1 rings (SSSR count). The highest BCUT2D eigenvalue weighted by atomic mass is 16.4. The van der Waals surface area contributed by atoms with Gasteiger partial charge in [-0.25, -0.2) is 0 Å². The smallest absolute Gasteiger partial charge is 0.317 e. The monoisotopic (exact) mass is 345 g/mol. The van der Waals surface area contributed by atoms with Gasteiger partial charge >= 0.3 is 5.97 Å². The third-order valence-electron chi connectivity index (χ3n) is 3.91. The SMILES string of the molecule is CC(C)C(=O)CN1CCN(CC=O)CCN(CC(=O)O)CC1.CO. The highest BCUT2D eigenvalue weighted by molar-refractivity contribution is 5.82. The van der Waals surface area contributed by atoms with E-state index in [-0.39, 0.29) is 18.2 Å². The van der Waals surface area contributed by atoms with Gasteiger partial charge in [-0.15, -0.1) is 0 Å². The number of nitrogens with zero attached hydrogens (tertiary/aromatic N) is 3. The lowest BCUT2D eigenvalue weighted by atomic mass is 10.1. The molecule has 0 spiro atoms. The first-order valence-corrected chi connectivity index (χ1v) is 8.22. The van der Waals surface area contributed by atoms with Crippen molar-refractivity contribution >= 4 is 18.0 Å². The third kappa shape index (κ3) is 9.71. The summed E-state index contributed by atoms with van der Waals surface area (Å²) < 4.78 is 0. The van der Waals surface area contributed by atoms with Gasteiger partial charge in [-0.2, -0.15) is 0 Å². The second-order valence-electron chi connectivity index (χ2n) is 6.03. The molecule has 0 unspecified atom stereocenters. The number of Topliss-reactive ketones (excluding diaryl/α,β-unsaturated/α-hetero) is 1. The molecule has 140 valence electrons. The summed E-state index contributed by atoms with van der Waals surface area (Å²) in [5, 5.41) is 16.0. The van der Waals surface area contributed by atoms with Gasteiger partial charge < -0.3 is 15.0 Å². The molecular formula is C16H31N3O5. The number of rotatable bonds is 7. The second-order valence-corrected chi connectivity index (χ2v) is 6.03. The fourth-order valence-corrected chi connectivity index (χ4v) is 2.38. The molecule has 0 aromatic heterocycles. The third-order valence-corrected chi connectivity index (χ3v) is 3.91. The summed E-state index contributed by atoms with van der Waals surface area (Å²) in [5.74, 6) is -0.675. The molecule has 0 aliphatic carbocycles. The number of aliphatic hydroxyl groups is 1. The van der Waals surface area contributed by atoms with E-state index in [2.05, 4.69) is 4.90 Å². The Labute approximate surface area is 144 Å². The molecule has 0 amide bonds. The minimum Gasteiger partial charge on any atom is -0.480 e. The van der Waals surface area contributed by atoms with Crippen LogP contribution in [0.15, 0.2) is 0 Å². The largest absolute Gasteiger partial charge is 0.480 e. The van der Waals surface area contributed by atoms with E-state index in [4.69, 9.17) is 10.2 Å². The molecule has 1 saturated heterocycles. The topological polar surface area (TPSA) is 101 Å². The van der Waals surface area contributed by atoms with Crippen molar-refractivity contribution in [1.29, 1.82) is 0 Å². The van der Waals surface area contributed by atoms with E-state index < -0.39 is 5.97 Å². The summed E-state index contributed by atoms with van der Waals surface area (Å²) in [4.78, 5) is 39.5. The van der Waals surface area contributed by atoms with Crippen molar-refractivity contribution in [2.75, 3.05) is 66.0 Å². The number of carbonyl (C=O) groups is 3. The van der Waals surface area contributed by atoms with Crippen LogP contribution in [0.25, 0.3) is 0 Å². The Bertz CT molecular complexity index is 390. The molecule has 2 N–H and O–H groups in total. The zero-order valence-electron chi connectivity index (χ0n) is 15.0. The number of carboxylic acid groups (broad SMARTS) is 1. The summed E-state index contributed by atoms with van der Waals surface area (Å²) in [6, 6.07) is 0. The Balaban J connectivity index is 0.00000254. The standard InChI is InChI=1S/C15H27N3O4.CH4O/c1-13(2)14(20)11-17-5-3-16(9-10-19)4-6-18(8-7-17)12-15(21)22;1-2/h10,13H,3-9,11-12H2,1-2H3,(H,21,22);2H,1H3. The van der Waals surface area contributed by atoms with Crippen LogP contribution in [-0.4, -0.2) is 109 Å². The fourth-order valence-electron chi connectivity index (χ4n) is 2.38. The molecule has 1 aliphatic rings. The minimum atomic E-state index is -0.856. The molecule has 1 fully saturated rings. The Kier molecular flexibility index (Phi) is 12.3. The lowest BCUT2D eigenvalue weighted by molar-refractivity contribution is -0.138. The van der Waals surface area contributed by atoms with Gasteiger partial charge in [0.25, 0.3) is 0 Å². The van der Waals surface area contributed by atoms with Crippen LogP contribution in [0.4, 0.5) is 0 Å². The van der Waals surface area contributed by atoms with Crippen molar-refractivity contribution in [3.8, 4) is 0 Å². The fraction of sp³-hybridized carbons (Fsp3) is 0.812. The van der Waals surface area contributed by atoms with Crippen LogP contribution in [0, 0.1) is 5.92 Å². The van der Waals surface area contributed by atoms with E-state index in [0.29, 0.717) is 52.4 Å². The van der Waals surface area contributed by atoms with Crippen molar-refractivity contribution in [3.05, 3.63) is 0 Å². The van der Waals surface area contributed by atoms with Crippen molar-refractivity contribution in [3.63, 3.8) is 0 Å². The van der Waals surface area contributed by atoms with Crippen LogP contribution in [0.5, 0.6) is 0 Å². The highest BCUT2D eigenvalue weighted by Crippen LogP contribution is 2.03. The van der Waals surface area contributed by atoms with Crippen molar-refractivity contribution < 1.29 is 24.6 Å². The van der Waals surface area contributed by atoms with Crippen LogP contribution >= 0.6 is 0 Å². The molecule has 0 atom stereocenters. The number of carboxylic acids is 1. The predicted molar refractivity (Wildman–Crippen MR) is 91.0 cm³/mol. The van der Waals surface area contributed by atoms with Gasteiger partial charge in [0.1, 0.15) is 12.1 Å². The van der Waals surface area contributed by atoms with Crippen LogP contribution < -0.4 is 0 Å². The molecule has 0 bridgehead atoms. The molecule has 0 saturated carbocycles. The van der Waals surface area contributed by atoms with Crippen LogP contribution in [0.1, 0.15) is 13.8 Å². The number of aliphatic hydroxyl groups excluding tert-OH is 1. The van der Waals surface area contributed by atoms with E-state index in [1.54, 1.807) is 0 Å². The van der Waals surface area contributed by atoms with Crippen molar-refractivity contribution in [2.24, 2.45) is 5.92 Å². The van der Waals surface area contributed by atoms with Gasteiger partial charge in [-0.3, -0.25) is 24.3 Å². The van der Waals surface area contributed by atoms with Crippen LogP contribution in [0.3, 0.4) is 0 Å². The Hall–Kier alpha value is -1.35. The number of aliphatic carboxylic acids is 1. The number of carbonyl (C=O) groups excluding carboxylic acids is 2. The Morgan fingerprint density at radius 1 is 0.917 bits per heavy atom. The molecule has 1 heterocycles. The first kappa shape index (κ1) is 22.6. The van der Waals surface area contributed by atoms with E-state index in [9.17, 15) is 14.4 Å². The average Bonchev–Trinajstić information content (AvgIpc) is 2.62. The number of ketones is 1. The van der Waals surface area contributed by atoms with Gasteiger partial charge in [0.05, 0.1) is 19.6 Å². The molecule has 8 heteroatoms. The lowest BCUT2D eigenvalue weighted by Crippen LogP contribution is -2.41. The Morgan fingerprint density at radius 3 is 1.71 bits per heavy atom. The molecular weight excluding hydrogens is 314 g/mol. The maximum Gasteiger partial charge on any atom is 0.317 e. The first-order valence-electron chi connectivity index (χ1n) is 8.22. The van der Waals surface area contributed by atoms with Gasteiger partial charge in [-0.1, -0.05) is 13.8 Å². The van der Waals surface area contributed by atoms with Crippen molar-refractivity contribution in [1.82, 2.24) is 14.7 Å². The number of hydrogen-bond acceptors (Lipinski definition) is 7. The number of hydrogen-bond donors (Lipinski definition) is 2. The van der Waals surface area contributed by atoms with E-state index in [0.717, 1.165) is 13.4 Å². The number of aldehydes is 1.